The molecule has 0 aromatic heterocycles. The van der Waals surface area contributed by atoms with E-state index in [0.29, 0.717) is 12.5 Å². The summed E-state index contributed by atoms with van der Waals surface area (Å²) in [6.45, 7) is 4.31. The van der Waals surface area contributed by atoms with Gasteiger partial charge in [-0.3, -0.25) is 0 Å². The van der Waals surface area contributed by atoms with Gasteiger partial charge < -0.3 is 29.9 Å². The molecule has 6 heteroatoms. The van der Waals surface area contributed by atoms with Crippen LogP contribution in [0.4, 0.5) is 0 Å². The zero-order valence-electron chi connectivity index (χ0n) is 19.8. The van der Waals surface area contributed by atoms with Gasteiger partial charge in [0, 0.05) is 0 Å². The Bertz CT molecular complexity index is 442. The molecule has 0 spiro atoms. The molecule has 0 bridgehead atoms. The fourth-order valence-electron chi connectivity index (χ4n) is 3.93. The van der Waals surface area contributed by atoms with E-state index in [1.165, 1.54) is 70.6 Å². The SMILES string of the molecule is CCCCCCCCCCCCCC=CC(C)CCOC1OC(CO)C(O)C(O)C1O. The van der Waals surface area contributed by atoms with Crippen LogP contribution in [0.1, 0.15) is 97.3 Å². The van der Waals surface area contributed by atoms with Gasteiger partial charge in [0.05, 0.1) is 13.2 Å². The summed E-state index contributed by atoms with van der Waals surface area (Å²) < 4.78 is 10.9. The lowest BCUT2D eigenvalue weighted by atomic mass is 9.99. The molecule has 184 valence electrons. The summed E-state index contributed by atoms with van der Waals surface area (Å²) >= 11 is 0. The van der Waals surface area contributed by atoms with Crippen LogP contribution in [0.2, 0.25) is 0 Å². The Labute approximate surface area is 189 Å². The molecule has 1 heterocycles. The van der Waals surface area contributed by atoms with Crippen molar-refractivity contribution in [1.29, 1.82) is 0 Å². The molecule has 1 rings (SSSR count). The van der Waals surface area contributed by atoms with Gasteiger partial charge in [0.1, 0.15) is 24.4 Å². The number of ether oxygens (including phenoxy) is 2. The van der Waals surface area contributed by atoms with Gasteiger partial charge in [0.2, 0.25) is 0 Å². The molecule has 1 aliphatic rings. The van der Waals surface area contributed by atoms with Crippen LogP contribution in [0.25, 0.3) is 0 Å². The topological polar surface area (TPSA) is 99.4 Å². The van der Waals surface area contributed by atoms with E-state index in [-0.39, 0.29) is 0 Å². The third-order valence-electron chi connectivity index (χ3n) is 6.14. The van der Waals surface area contributed by atoms with Gasteiger partial charge in [-0.1, -0.05) is 90.2 Å². The highest BCUT2D eigenvalue weighted by Gasteiger charge is 2.43. The number of allylic oxidation sites excluding steroid dienone is 2. The van der Waals surface area contributed by atoms with Gasteiger partial charge in [-0.05, 0) is 25.2 Å². The van der Waals surface area contributed by atoms with E-state index in [9.17, 15) is 20.4 Å². The minimum Gasteiger partial charge on any atom is -0.394 e. The van der Waals surface area contributed by atoms with Crippen molar-refractivity contribution in [3.8, 4) is 0 Å². The molecule has 6 nitrogen and oxygen atoms in total. The Morgan fingerprint density at radius 2 is 1.42 bits per heavy atom. The number of aliphatic hydroxyl groups is 4. The number of hydrogen-bond acceptors (Lipinski definition) is 6. The van der Waals surface area contributed by atoms with Crippen LogP contribution in [0.15, 0.2) is 12.2 Å². The Morgan fingerprint density at radius 1 is 0.839 bits per heavy atom. The third kappa shape index (κ3) is 12.4. The van der Waals surface area contributed by atoms with Crippen LogP contribution in [0, 0.1) is 5.92 Å². The number of aliphatic hydroxyl groups excluding tert-OH is 4. The normalized spacial score (nSPS) is 27.7. The van der Waals surface area contributed by atoms with Crippen molar-refractivity contribution in [2.24, 2.45) is 5.92 Å². The van der Waals surface area contributed by atoms with Crippen molar-refractivity contribution in [1.82, 2.24) is 0 Å². The predicted molar refractivity (Wildman–Crippen MR) is 124 cm³/mol. The van der Waals surface area contributed by atoms with Gasteiger partial charge in [-0.2, -0.15) is 0 Å². The Balaban J connectivity index is 2.01. The lowest BCUT2D eigenvalue weighted by Gasteiger charge is -2.39. The average Bonchev–Trinajstić information content (AvgIpc) is 2.77. The first-order chi connectivity index (χ1) is 15.0. The predicted octanol–water partition coefficient (Wildman–Crippen LogP) is 4.09. The Kier molecular flexibility index (Phi) is 16.6. The summed E-state index contributed by atoms with van der Waals surface area (Å²) in [6.07, 6.45) is 15.2. The second-order valence-corrected chi connectivity index (χ2v) is 9.09. The molecule has 0 amide bonds. The van der Waals surface area contributed by atoms with E-state index in [1.54, 1.807) is 0 Å². The van der Waals surface area contributed by atoms with E-state index in [1.807, 2.05) is 0 Å². The highest BCUT2D eigenvalue weighted by Crippen LogP contribution is 2.22. The van der Waals surface area contributed by atoms with Crippen LogP contribution in [0.5, 0.6) is 0 Å². The first-order valence-electron chi connectivity index (χ1n) is 12.6. The molecular weight excluding hydrogens is 396 g/mol. The van der Waals surface area contributed by atoms with Crippen molar-refractivity contribution in [2.45, 2.75) is 128 Å². The standard InChI is InChI=1S/C25H48O6/c1-3-4-5-6-7-8-9-10-11-12-13-14-15-16-20(2)17-18-30-25-24(29)23(28)22(27)21(19-26)31-25/h15-16,20-29H,3-14,17-19H2,1-2H3. The van der Waals surface area contributed by atoms with Gasteiger partial charge in [0.25, 0.3) is 0 Å². The molecule has 0 saturated carbocycles. The smallest absolute Gasteiger partial charge is 0.186 e. The second kappa shape index (κ2) is 18.0. The molecule has 1 aliphatic heterocycles. The van der Waals surface area contributed by atoms with Crippen LogP contribution in [-0.4, -0.2) is 64.3 Å². The highest BCUT2D eigenvalue weighted by atomic mass is 16.7. The molecule has 0 aromatic carbocycles. The van der Waals surface area contributed by atoms with E-state index in [0.717, 1.165) is 12.8 Å². The average molecular weight is 445 g/mol. The molecule has 4 N–H and O–H groups in total. The number of hydrogen-bond donors (Lipinski definition) is 4. The molecule has 31 heavy (non-hydrogen) atoms. The molecule has 0 aliphatic carbocycles. The molecule has 6 unspecified atom stereocenters. The van der Waals surface area contributed by atoms with E-state index in [4.69, 9.17) is 9.47 Å². The molecule has 1 fully saturated rings. The fraction of sp³-hybridized carbons (Fsp3) is 0.920. The number of unbranched alkanes of at least 4 members (excludes halogenated alkanes) is 11. The van der Waals surface area contributed by atoms with Crippen molar-refractivity contribution in [3.05, 3.63) is 12.2 Å². The monoisotopic (exact) mass is 444 g/mol. The zero-order valence-corrected chi connectivity index (χ0v) is 19.8. The molecule has 0 aromatic rings. The van der Waals surface area contributed by atoms with E-state index in [2.05, 4.69) is 26.0 Å². The van der Waals surface area contributed by atoms with Crippen LogP contribution in [-0.2, 0) is 9.47 Å². The van der Waals surface area contributed by atoms with Gasteiger partial charge >= 0.3 is 0 Å². The quantitative estimate of drug-likeness (QED) is 0.188. The minimum atomic E-state index is -1.39. The lowest BCUT2D eigenvalue weighted by molar-refractivity contribution is -0.301. The largest absolute Gasteiger partial charge is 0.394 e. The van der Waals surface area contributed by atoms with Crippen molar-refractivity contribution in [3.63, 3.8) is 0 Å². The summed E-state index contributed by atoms with van der Waals surface area (Å²) in [7, 11) is 0. The van der Waals surface area contributed by atoms with Gasteiger partial charge in [-0.15, -0.1) is 0 Å². The van der Waals surface area contributed by atoms with Crippen molar-refractivity contribution >= 4 is 0 Å². The van der Waals surface area contributed by atoms with Crippen LogP contribution in [0.3, 0.4) is 0 Å². The Hall–Kier alpha value is -0.500. The lowest BCUT2D eigenvalue weighted by Crippen LogP contribution is -2.59. The first-order valence-corrected chi connectivity index (χ1v) is 12.6. The summed E-state index contributed by atoms with van der Waals surface area (Å²) in [5, 5.41) is 38.7. The highest BCUT2D eigenvalue weighted by molar-refractivity contribution is 4.89. The van der Waals surface area contributed by atoms with Gasteiger partial charge in [0.15, 0.2) is 6.29 Å². The van der Waals surface area contributed by atoms with Gasteiger partial charge in [-0.25, -0.2) is 0 Å². The summed E-state index contributed by atoms with van der Waals surface area (Å²) in [6, 6.07) is 0. The maximum atomic E-state index is 9.97. The maximum Gasteiger partial charge on any atom is 0.186 e. The molecule has 6 atom stereocenters. The van der Waals surface area contributed by atoms with Crippen LogP contribution < -0.4 is 0 Å². The Morgan fingerprint density at radius 3 is 2.00 bits per heavy atom. The first kappa shape index (κ1) is 28.5. The summed E-state index contributed by atoms with van der Waals surface area (Å²) in [5.41, 5.74) is 0. The second-order valence-electron chi connectivity index (χ2n) is 9.09. The summed E-state index contributed by atoms with van der Waals surface area (Å²) in [4.78, 5) is 0. The molecule has 1 saturated heterocycles. The van der Waals surface area contributed by atoms with Crippen molar-refractivity contribution in [2.75, 3.05) is 13.2 Å². The fourth-order valence-corrected chi connectivity index (χ4v) is 3.93. The zero-order chi connectivity index (χ0) is 22.9. The number of rotatable bonds is 18. The van der Waals surface area contributed by atoms with Crippen LogP contribution >= 0.6 is 0 Å². The minimum absolute atomic E-state index is 0.345. The summed E-state index contributed by atoms with van der Waals surface area (Å²) in [5.74, 6) is 0.345. The molecular formula is C25H48O6. The molecule has 0 radical (unpaired) electrons. The third-order valence-corrected chi connectivity index (χ3v) is 6.14. The van der Waals surface area contributed by atoms with E-state index >= 15 is 0 Å². The van der Waals surface area contributed by atoms with Crippen molar-refractivity contribution < 1.29 is 29.9 Å². The van der Waals surface area contributed by atoms with E-state index < -0.39 is 37.3 Å². The maximum absolute atomic E-state index is 9.97.